The molecule has 0 aliphatic carbocycles. The van der Waals surface area contributed by atoms with Gasteiger partial charge >= 0.3 is 11.9 Å². The second-order valence-electron chi connectivity index (χ2n) is 7.20. The number of nitrogens with zero attached hydrogens (tertiary/aromatic N) is 12. The average molecular weight is 364 g/mol. The van der Waals surface area contributed by atoms with Gasteiger partial charge in [0.05, 0.1) is 21.3 Å². The van der Waals surface area contributed by atoms with Crippen molar-refractivity contribution < 1.29 is 9.72 Å². The van der Waals surface area contributed by atoms with E-state index in [1.807, 2.05) is 0 Å². The lowest BCUT2D eigenvalue weighted by Crippen LogP contribution is -2.13. The van der Waals surface area contributed by atoms with Crippen LogP contribution in [0, 0.1) is 10.4 Å². The zero-order chi connectivity index (χ0) is 19.5. The second kappa shape index (κ2) is 6.89. The SMILES string of the molecule is CC(C)(C)N=[N+]([O-])c1ncn(N=Nn2cnc([N+]([O-])=NC(C)(C)C)n2)n1. The van der Waals surface area contributed by atoms with Crippen LogP contribution in [-0.4, -0.2) is 50.5 Å². The Morgan fingerprint density at radius 1 is 0.769 bits per heavy atom. The normalized spacial score (nSPS) is 14.4. The smallest absolute Gasteiger partial charge is 0.477 e. The Morgan fingerprint density at radius 3 is 1.42 bits per heavy atom. The monoisotopic (exact) mass is 364 g/mol. The Kier molecular flexibility index (Phi) is 5.04. The van der Waals surface area contributed by atoms with Crippen LogP contribution in [0.2, 0.25) is 0 Å². The van der Waals surface area contributed by atoms with E-state index in [1.165, 1.54) is 12.7 Å². The van der Waals surface area contributed by atoms with E-state index in [9.17, 15) is 10.4 Å². The first-order valence-electron chi connectivity index (χ1n) is 7.59. The second-order valence-corrected chi connectivity index (χ2v) is 7.20. The molecule has 26 heavy (non-hydrogen) atoms. The van der Waals surface area contributed by atoms with Crippen molar-refractivity contribution in [3.8, 4) is 0 Å². The minimum Gasteiger partial charge on any atom is -0.722 e. The van der Waals surface area contributed by atoms with Gasteiger partial charge in [-0.05, 0) is 71.5 Å². The molecule has 0 spiro atoms. The third-order valence-electron chi connectivity index (χ3n) is 2.28. The molecule has 0 fully saturated rings. The third-order valence-corrected chi connectivity index (χ3v) is 2.28. The van der Waals surface area contributed by atoms with E-state index >= 15 is 0 Å². The topological polar surface area (TPSA) is 163 Å². The van der Waals surface area contributed by atoms with E-state index in [4.69, 9.17) is 0 Å². The Hall–Kier alpha value is -3.32. The number of hydrogen-bond acceptors (Lipinski definition) is 10. The van der Waals surface area contributed by atoms with Crippen LogP contribution in [0.15, 0.2) is 33.3 Å². The maximum atomic E-state index is 11.8. The molecule has 2 aromatic heterocycles. The van der Waals surface area contributed by atoms with Crippen molar-refractivity contribution in [2.45, 2.75) is 52.6 Å². The summed E-state index contributed by atoms with van der Waals surface area (Å²) in [4.78, 5) is 10.1. The van der Waals surface area contributed by atoms with Gasteiger partial charge in [-0.2, -0.15) is 0 Å². The molecular formula is C12H20N12O2. The first kappa shape index (κ1) is 19.0. The van der Waals surface area contributed by atoms with Crippen molar-refractivity contribution in [2.75, 3.05) is 0 Å². The predicted molar refractivity (Wildman–Crippen MR) is 86.6 cm³/mol. The Morgan fingerprint density at radius 2 is 1.12 bits per heavy atom. The summed E-state index contributed by atoms with van der Waals surface area (Å²) >= 11 is 0. The minimum atomic E-state index is -0.575. The van der Waals surface area contributed by atoms with Gasteiger partial charge in [0, 0.05) is 0 Å². The number of rotatable bonds is 4. The van der Waals surface area contributed by atoms with E-state index in [0.29, 0.717) is 9.72 Å². The van der Waals surface area contributed by atoms with E-state index in [0.717, 1.165) is 9.58 Å². The van der Waals surface area contributed by atoms with Gasteiger partial charge in [0.15, 0.2) is 0 Å². The van der Waals surface area contributed by atoms with Gasteiger partial charge in [0.25, 0.3) is 0 Å². The van der Waals surface area contributed by atoms with E-state index in [2.05, 4.69) is 40.8 Å². The third kappa shape index (κ3) is 5.64. The van der Waals surface area contributed by atoms with Gasteiger partial charge in [0.2, 0.25) is 12.7 Å². The zero-order valence-corrected chi connectivity index (χ0v) is 15.3. The molecule has 14 heteroatoms. The average Bonchev–Trinajstić information content (AvgIpc) is 3.11. The molecule has 14 nitrogen and oxygen atoms in total. The molecule has 0 saturated carbocycles. The van der Waals surface area contributed by atoms with Gasteiger partial charge in [-0.3, -0.25) is 0 Å². The summed E-state index contributed by atoms with van der Waals surface area (Å²) < 4.78 is 0. The highest BCUT2D eigenvalue weighted by Crippen LogP contribution is 2.12. The lowest BCUT2D eigenvalue weighted by atomic mass is 10.1. The van der Waals surface area contributed by atoms with Crippen molar-refractivity contribution >= 4 is 11.9 Å². The van der Waals surface area contributed by atoms with Gasteiger partial charge in [-0.1, -0.05) is 0 Å². The molecule has 0 saturated heterocycles. The molecule has 0 aromatic carbocycles. The maximum absolute atomic E-state index is 11.8. The summed E-state index contributed by atoms with van der Waals surface area (Å²) in [5.74, 6) is -0.374. The molecule has 140 valence electrons. The summed E-state index contributed by atoms with van der Waals surface area (Å²) in [6, 6.07) is 0. The molecule has 2 heterocycles. The summed E-state index contributed by atoms with van der Waals surface area (Å²) in [7, 11) is 0. The van der Waals surface area contributed by atoms with Crippen LogP contribution in [0.5, 0.6) is 0 Å². The summed E-state index contributed by atoms with van der Waals surface area (Å²) in [6.45, 7) is 10.6. The summed E-state index contributed by atoms with van der Waals surface area (Å²) in [5, 5.41) is 46.3. The highest BCUT2D eigenvalue weighted by molar-refractivity contribution is 4.97. The van der Waals surface area contributed by atoms with Gasteiger partial charge in [-0.25, -0.2) is 0 Å². The standard InChI is InChI=1S/C12H20N12O2/c1-11(2,3)17-23(25)9-13-7-21(15-9)19-20-22-8-14-10(16-22)24(26)18-12(4,5)6/h7-8H,1-6H3. The molecule has 2 rings (SSSR count). The molecule has 0 radical (unpaired) electrons. The lowest BCUT2D eigenvalue weighted by Gasteiger charge is -2.12. The predicted octanol–water partition coefficient (Wildman–Crippen LogP) is 2.33. The van der Waals surface area contributed by atoms with Crippen molar-refractivity contribution in [2.24, 2.45) is 20.7 Å². The fourth-order valence-electron chi connectivity index (χ4n) is 1.47. The molecule has 2 aromatic rings. The van der Waals surface area contributed by atoms with Gasteiger partial charge in [0.1, 0.15) is 0 Å². The van der Waals surface area contributed by atoms with Crippen molar-refractivity contribution in [1.29, 1.82) is 0 Å². The summed E-state index contributed by atoms with van der Waals surface area (Å²) in [5.41, 5.74) is -1.15. The first-order valence-corrected chi connectivity index (χ1v) is 7.59. The number of hydrogen-bond donors (Lipinski definition) is 0. The molecule has 0 amide bonds. The van der Waals surface area contributed by atoms with Crippen LogP contribution < -0.4 is 0 Å². The van der Waals surface area contributed by atoms with Crippen molar-refractivity contribution in [3.05, 3.63) is 23.1 Å². The first-order chi connectivity index (χ1) is 11.9. The van der Waals surface area contributed by atoms with E-state index in [-0.39, 0.29) is 11.9 Å². The molecule has 0 atom stereocenters. The number of azo groups is 2. The molecule has 0 N–H and O–H groups in total. The summed E-state index contributed by atoms with van der Waals surface area (Å²) in [6.07, 6.45) is 2.35. The van der Waals surface area contributed by atoms with Gasteiger partial charge < -0.3 is 10.4 Å². The minimum absolute atomic E-state index is 0.187. The molecule has 0 unspecified atom stereocenters. The van der Waals surface area contributed by atoms with E-state index < -0.39 is 11.1 Å². The quantitative estimate of drug-likeness (QED) is 0.459. The van der Waals surface area contributed by atoms with Crippen LogP contribution in [0.3, 0.4) is 0 Å². The Bertz CT molecular complexity index is 778. The molecule has 0 bridgehead atoms. The van der Waals surface area contributed by atoms with Crippen LogP contribution in [0.4, 0.5) is 11.9 Å². The fraction of sp³-hybridized carbons (Fsp3) is 0.667. The number of aromatic nitrogens is 6. The van der Waals surface area contributed by atoms with Crippen LogP contribution in [0.25, 0.3) is 0 Å². The van der Waals surface area contributed by atoms with Crippen LogP contribution in [-0.2, 0) is 0 Å². The van der Waals surface area contributed by atoms with E-state index in [1.54, 1.807) is 41.5 Å². The highest BCUT2D eigenvalue weighted by Gasteiger charge is 2.18. The molecule has 0 aliphatic rings. The van der Waals surface area contributed by atoms with Crippen LogP contribution >= 0.6 is 0 Å². The maximum Gasteiger partial charge on any atom is 0.477 e. The Labute approximate surface area is 148 Å². The zero-order valence-electron chi connectivity index (χ0n) is 15.3. The Balaban J connectivity index is 2.12. The largest absolute Gasteiger partial charge is 0.722 e. The lowest BCUT2D eigenvalue weighted by molar-refractivity contribution is -0.458. The fourth-order valence-corrected chi connectivity index (χ4v) is 1.47. The van der Waals surface area contributed by atoms with Crippen LogP contribution in [0.1, 0.15) is 41.5 Å². The van der Waals surface area contributed by atoms with Crippen molar-refractivity contribution in [1.82, 2.24) is 29.7 Å². The molecule has 0 aliphatic heterocycles. The van der Waals surface area contributed by atoms with Gasteiger partial charge in [-0.15, -0.1) is 19.9 Å². The van der Waals surface area contributed by atoms with Crippen molar-refractivity contribution in [3.63, 3.8) is 0 Å². The molecular weight excluding hydrogens is 344 g/mol. The highest BCUT2D eigenvalue weighted by atomic mass is 16.5.